The lowest BCUT2D eigenvalue weighted by Crippen LogP contribution is -2.23. The second-order valence-corrected chi connectivity index (χ2v) is 8.06. The molecule has 2 heterocycles. The van der Waals surface area contributed by atoms with E-state index in [9.17, 15) is 4.39 Å². The standard InChI is InChI=1S/C16H27FN2O/c1-15(2,3)9-12-13(17)14(16(4,5)6)19(18-12)11-7-8-20-10-11/h11H,7-10H2,1-6H3. The lowest BCUT2D eigenvalue weighted by molar-refractivity contribution is 0.183. The van der Waals surface area contributed by atoms with Crippen LogP contribution in [0.2, 0.25) is 0 Å². The van der Waals surface area contributed by atoms with Crippen molar-refractivity contribution in [3.05, 3.63) is 17.2 Å². The number of hydrogen-bond donors (Lipinski definition) is 0. The topological polar surface area (TPSA) is 27.1 Å². The third-order valence-electron chi connectivity index (χ3n) is 3.58. The smallest absolute Gasteiger partial charge is 0.168 e. The van der Waals surface area contributed by atoms with Crippen molar-refractivity contribution < 1.29 is 9.13 Å². The highest BCUT2D eigenvalue weighted by atomic mass is 19.1. The predicted octanol–water partition coefficient (Wildman–Crippen LogP) is 3.87. The molecule has 0 spiro atoms. The van der Waals surface area contributed by atoms with Gasteiger partial charge in [0, 0.05) is 12.0 Å². The van der Waals surface area contributed by atoms with Gasteiger partial charge in [-0.1, -0.05) is 41.5 Å². The first kappa shape index (κ1) is 15.5. The second-order valence-electron chi connectivity index (χ2n) is 8.06. The molecule has 1 aliphatic rings. The van der Waals surface area contributed by atoms with E-state index < -0.39 is 0 Å². The van der Waals surface area contributed by atoms with E-state index in [2.05, 4.69) is 25.9 Å². The van der Waals surface area contributed by atoms with Crippen LogP contribution in [-0.4, -0.2) is 23.0 Å². The molecule has 0 aromatic carbocycles. The SMILES string of the molecule is CC(C)(C)Cc1nn(C2CCOC2)c(C(C)(C)C)c1F. The van der Waals surface area contributed by atoms with Crippen LogP contribution >= 0.6 is 0 Å². The molecule has 1 unspecified atom stereocenters. The van der Waals surface area contributed by atoms with E-state index in [1.54, 1.807) is 0 Å². The fraction of sp³-hybridized carbons (Fsp3) is 0.812. The summed E-state index contributed by atoms with van der Waals surface area (Å²) in [6, 6.07) is 0.174. The molecule has 1 atom stereocenters. The fourth-order valence-corrected chi connectivity index (χ4v) is 2.73. The quantitative estimate of drug-likeness (QED) is 0.823. The molecule has 0 aliphatic carbocycles. The Kier molecular flexibility index (Phi) is 3.98. The van der Waals surface area contributed by atoms with E-state index in [1.807, 2.05) is 25.5 Å². The maximum absolute atomic E-state index is 14.8. The molecule has 1 aromatic rings. The minimum Gasteiger partial charge on any atom is -0.379 e. The number of nitrogens with zero attached hydrogens (tertiary/aromatic N) is 2. The summed E-state index contributed by atoms with van der Waals surface area (Å²) in [5.74, 6) is -0.126. The van der Waals surface area contributed by atoms with Gasteiger partial charge in [-0.3, -0.25) is 4.68 Å². The van der Waals surface area contributed by atoms with Crippen LogP contribution in [0, 0.1) is 11.2 Å². The van der Waals surface area contributed by atoms with Crippen molar-refractivity contribution in [2.75, 3.05) is 13.2 Å². The summed E-state index contributed by atoms with van der Waals surface area (Å²) in [6.45, 7) is 13.8. The third-order valence-corrected chi connectivity index (χ3v) is 3.58. The van der Waals surface area contributed by atoms with E-state index in [1.165, 1.54) is 0 Å². The molecule has 1 aromatic heterocycles. The van der Waals surface area contributed by atoms with Gasteiger partial charge in [-0.25, -0.2) is 4.39 Å². The fourth-order valence-electron chi connectivity index (χ4n) is 2.73. The predicted molar refractivity (Wildman–Crippen MR) is 78.5 cm³/mol. The highest BCUT2D eigenvalue weighted by Gasteiger charge is 2.33. The van der Waals surface area contributed by atoms with E-state index in [-0.39, 0.29) is 22.7 Å². The van der Waals surface area contributed by atoms with Gasteiger partial charge in [-0.15, -0.1) is 0 Å². The minimum absolute atomic E-state index is 0.0291. The largest absolute Gasteiger partial charge is 0.379 e. The molecule has 4 heteroatoms. The molecular weight excluding hydrogens is 255 g/mol. The van der Waals surface area contributed by atoms with Crippen LogP contribution in [0.1, 0.15) is 65.4 Å². The number of ether oxygens (including phenoxy) is 1. The van der Waals surface area contributed by atoms with Gasteiger partial charge in [0.15, 0.2) is 5.82 Å². The first-order valence-electron chi connectivity index (χ1n) is 7.45. The first-order chi connectivity index (χ1) is 9.09. The highest BCUT2D eigenvalue weighted by molar-refractivity contribution is 5.22. The van der Waals surface area contributed by atoms with Gasteiger partial charge in [0.2, 0.25) is 0 Å². The van der Waals surface area contributed by atoms with Gasteiger partial charge in [0.25, 0.3) is 0 Å². The van der Waals surface area contributed by atoms with Gasteiger partial charge < -0.3 is 4.74 Å². The maximum Gasteiger partial charge on any atom is 0.168 e. The number of halogens is 1. The van der Waals surface area contributed by atoms with Crippen molar-refractivity contribution in [1.82, 2.24) is 9.78 Å². The molecule has 20 heavy (non-hydrogen) atoms. The van der Waals surface area contributed by atoms with Gasteiger partial charge in [-0.05, 0) is 18.3 Å². The van der Waals surface area contributed by atoms with Crippen molar-refractivity contribution in [1.29, 1.82) is 0 Å². The van der Waals surface area contributed by atoms with Gasteiger partial charge >= 0.3 is 0 Å². The molecule has 0 amide bonds. The lowest BCUT2D eigenvalue weighted by Gasteiger charge is -2.23. The summed E-state index contributed by atoms with van der Waals surface area (Å²) in [5.41, 5.74) is 1.08. The molecule has 2 rings (SSSR count). The molecule has 1 fully saturated rings. The Bertz CT molecular complexity index is 474. The van der Waals surface area contributed by atoms with Crippen LogP contribution in [-0.2, 0) is 16.6 Å². The van der Waals surface area contributed by atoms with Crippen LogP contribution in [0.25, 0.3) is 0 Å². The number of hydrogen-bond acceptors (Lipinski definition) is 2. The van der Waals surface area contributed by atoms with Crippen molar-refractivity contribution in [2.45, 2.75) is 65.8 Å². The molecule has 0 saturated carbocycles. The highest BCUT2D eigenvalue weighted by Crippen LogP contribution is 2.33. The lowest BCUT2D eigenvalue weighted by atomic mass is 9.87. The summed E-state index contributed by atoms with van der Waals surface area (Å²) in [7, 11) is 0. The van der Waals surface area contributed by atoms with Gasteiger partial charge in [0.05, 0.1) is 24.0 Å². The summed E-state index contributed by atoms with van der Waals surface area (Å²) in [4.78, 5) is 0. The zero-order valence-electron chi connectivity index (χ0n) is 13.6. The molecular formula is C16H27FN2O. The Labute approximate surface area is 121 Å². The van der Waals surface area contributed by atoms with Gasteiger partial charge in [0.1, 0.15) is 0 Å². The molecule has 1 aliphatic heterocycles. The van der Waals surface area contributed by atoms with Crippen LogP contribution < -0.4 is 0 Å². The van der Waals surface area contributed by atoms with E-state index in [4.69, 9.17) is 4.74 Å². The van der Waals surface area contributed by atoms with Crippen molar-refractivity contribution in [3.8, 4) is 0 Å². The molecule has 0 N–H and O–H groups in total. The third kappa shape index (κ3) is 3.22. The van der Waals surface area contributed by atoms with Crippen molar-refractivity contribution in [3.63, 3.8) is 0 Å². The van der Waals surface area contributed by atoms with Crippen LogP contribution in [0.15, 0.2) is 0 Å². The zero-order valence-corrected chi connectivity index (χ0v) is 13.6. The zero-order chi connectivity index (χ0) is 15.1. The van der Waals surface area contributed by atoms with Gasteiger partial charge in [-0.2, -0.15) is 5.10 Å². The Morgan fingerprint density at radius 2 is 1.90 bits per heavy atom. The number of aromatic nitrogens is 2. The van der Waals surface area contributed by atoms with Crippen molar-refractivity contribution in [2.24, 2.45) is 5.41 Å². The monoisotopic (exact) mass is 282 g/mol. The summed E-state index contributed by atoms with van der Waals surface area (Å²) in [5, 5.41) is 4.61. The van der Waals surface area contributed by atoms with Crippen LogP contribution in [0.3, 0.4) is 0 Å². The first-order valence-corrected chi connectivity index (χ1v) is 7.45. The Balaban J connectivity index is 2.46. The van der Waals surface area contributed by atoms with Crippen LogP contribution in [0.5, 0.6) is 0 Å². The summed E-state index contributed by atoms with van der Waals surface area (Å²) >= 11 is 0. The minimum atomic E-state index is -0.254. The van der Waals surface area contributed by atoms with E-state index in [0.29, 0.717) is 24.4 Å². The Hall–Kier alpha value is -0.900. The van der Waals surface area contributed by atoms with E-state index in [0.717, 1.165) is 13.0 Å². The average molecular weight is 282 g/mol. The second kappa shape index (κ2) is 5.14. The summed E-state index contributed by atoms with van der Waals surface area (Å²) in [6.07, 6.45) is 1.57. The van der Waals surface area contributed by atoms with Crippen molar-refractivity contribution >= 4 is 0 Å². The molecule has 0 radical (unpaired) electrons. The van der Waals surface area contributed by atoms with Crippen LogP contribution in [0.4, 0.5) is 4.39 Å². The summed E-state index contributed by atoms with van der Waals surface area (Å²) < 4.78 is 22.2. The Morgan fingerprint density at radius 3 is 2.35 bits per heavy atom. The molecule has 3 nitrogen and oxygen atoms in total. The average Bonchev–Trinajstić information content (AvgIpc) is 2.83. The molecule has 114 valence electrons. The Morgan fingerprint density at radius 1 is 1.25 bits per heavy atom. The molecule has 0 bridgehead atoms. The maximum atomic E-state index is 14.8. The number of rotatable bonds is 2. The van der Waals surface area contributed by atoms with E-state index >= 15 is 0 Å². The molecule has 1 saturated heterocycles. The normalized spacial score (nSPS) is 20.6.